The third kappa shape index (κ3) is 5.01. The van der Waals surface area contributed by atoms with E-state index in [4.69, 9.17) is 5.73 Å². The highest BCUT2D eigenvalue weighted by atomic mass is 35.5. The topological polar surface area (TPSA) is 49.6 Å². The Bertz CT molecular complexity index is 714. The minimum Gasteiger partial charge on any atom is -0.339 e. The Morgan fingerprint density at radius 2 is 1.96 bits per heavy atom. The van der Waals surface area contributed by atoms with Gasteiger partial charge in [-0.1, -0.05) is 12.1 Å². The van der Waals surface area contributed by atoms with E-state index in [-0.39, 0.29) is 24.1 Å². The van der Waals surface area contributed by atoms with Gasteiger partial charge in [-0.05, 0) is 36.8 Å². The molecule has 2 aromatic rings. The lowest BCUT2D eigenvalue weighted by Crippen LogP contribution is -2.52. The Hall–Kier alpha value is -1.47. The Morgan fingerprint density at radius 3 is 2.60 bits per heavy atom. The van der Waals surface area contributed by atoms with Gasteiger partial charge in [0.2, 0.25) is 5.91 Å². The Balaban J connectivity index is 0.00000225. The molecule has 0 radical (unpaired) electrons. The number of carbonyl (C=O) groups excluding carboxylic acids is 1. The zero-order chi connectivity index (χ0) is 17.1. The lowest BCUT2D eigenvalue weighted by atomic mass is 10.2. The van der Waals surface area contributed by atoms with Gasteiger partial charge in [0.25, 0.3) is 0 Å². The second-order valence-electron chi connectivity index (χ2n) is 6.17. The maximum atomic E-state index is 13.3. The Labute approximate surface area is 157 Å². The van der Waals surface area contributed by atoms with Crippen LogP contribution in [0.2, 0.25) is 0 Å². The first-order chi connectivity index (χ1) is 11.5. The number of halogens is 2. The van der Waals surface area contributed by atoms with E-state index >= 15 is 0 Å². The molecule has 136 valence electrons. The van der Waals surface area contributed by atoms with E-state index in [9.17, 15) is 9.18 Å². The number of nitrogens with zero attached hydrogens (tertiary/aromatic N) is 2. The Kier molecular flexibility index (Phi) is 6.95. The van der Waals surface area contributed by atoms with Gasteiger partial charge in [0.15, 0.2) is 0 Å². The molecule has 0 aliphatic carbocycles. The molecule has 3 rings (SSSR count). The summed E-state index contributed by atoms with van der Waals surface area (Å²) in [6, 6.07) is 10.4. The fraction of sp³-hybridized carbons (Fsp3) is 0.389. The van der Waals surface area contributed by atoms with Crippen LogP contribution in [0.3, 0.4) is 0 Å². The van der Waals surface area contributed by atoms with Crippen LogP contribution in [0, 0.1) is 5.82 Å². The third-order valence-electron chi connectivity index (χ3n) is 4.22. The van der Waals surface area contributed by atoms with Crippen LogP contribution in [0.15, 0.2) is 36.4 Å². The minimum atomic E-state index is -0.428. The molecule has 1 aliphatic heterocycles. The largest absolute Gasteiger partial charge is 0.339 e. The first-order valence-electron chi connectivity index (χ1n) is 8.14. The van der Waals surface area contributed by atoms with Gasteiger partial charge in [0.05, 0.1) is 6.04 Å². The van der Waals surface area contributed by atoms with Crippen LogP contribution < -0.4 is 5.73 Å². The molecule has 1 saturated heterocycles. The second kappa shape index (κ2) is 8.76. The monoisotopic (exact) mass is 383 g/mol. The maximum Gasteiger partial charge on any atom is 0.239 e. The standard InChI is InChI=1S/C18H22FN3OS.ClH/c1-13(20)18(23)22-9-7-21(8-10-22)12-16-5-6-17(24-16)14-3-2-4-15(19)11-14;/h2-6,11,13H,7-10,12,20H2,1H3;1H. The predicted molar refractivity (Wildman–Crippen MR) is 102 cm³/mol. The lowest BCUT2D eigenvalue weighted by molar-refractivity contribution is -0.134. The summed E-state index contributed by atoms with van der Waals surface area (Å²) in [4.78, 5) is 18.4. The van der Waals surface area contributed by atoms with Crippen LogP contribution in [0.25, 0.3) is 10.4 Å². The molecule has 2 heterocycles. The van der Waals surface area contributed by atoms with E-state index in [1.54, 1.807) is 30.4 Å². The SMILES string of the molecule is CC(N)C(=O)N1CCN(Cc2ccc(-c3cccc(F)c3)s2)CC1.Cl. The highest BCUT2D eigenvalue weighted by molar-refractivity contribution is 7.15. The molecule has 1 fully saturated rings. The molecule has 7 heteroatoms. The van der Waals surface area contributed by atoms with Gasteiger partial charge >= 0.3 is 0 Å². The maximum absolute atomic E-state index is 13.3. The van der Waals surface area contributed by atoms with Gasteiger partial charge in [-0.2, -0.15) is 0 Å². The highest BCUT2D eigenvalue weighted by Gasteiger charge is 2.23. The zero-order valence-electron chi connectivity index (χ0n) is 14.2. The summed E-state index contributed by atoms with van der Waals surface area (Å²) >= 11 is 1.69. The predicted octanol–water partition coefficient (Wildman–Crippen LogP) is 2.97. The van der Waals surface area contributed by atoms with Gasteiger partial charge in [-0.25, -0.2) is 4.39 Å². The van der Waals surface area contributed by atoms with Gasteiger partial charge < -0.3 is 10.6 Å². The fourth-order valence-electron chi connectivity index (χ4n) is 2.89. The average molecular weight is 384 g/mol. The number of hydrogen-bond acceptors (Lipinski definition) is 4. The zero-order valence-corrected chi connectivity index (χ0v) is 15.8. The van der Waals surface area contributed by atoms with Gasteiger partial charge in [-0.3, -0.25) is 9.69 Å². The molecule has 1 aliphatic rings. The van der Waals surface area contributed by atoms with E-state index in [0.29, 0.717) is 0 Å². The number of carbonyl (C=O) groups is 1. The van der Waals surface area contributed by atoms with Gasteiger partial charge in [0, 0.05) is 42.5 Å². The van der Waals surface area contributed by atoms with Crippen molar-refractivity contribution in [1.82, 2.24) is 9.80 Å². The summed E-state index contributed by atoms with van der Waals surface area (Å²) in [5.74, 6) is -0.184. The van der Waals surface area contributed by atoms with E-state index in [1.807, 2.05) is 17.0 Å². The number of rotatable bonds is 4. The van der Waals surface area contributed by atoms with Gasteiger partial charge in [-0.15, -0.1) is 23.7 Å². The molecule has 25 heavy (non-hydrogen) atoms. The number of thiophene rings is 1. The smallest absolute Gasteiger partial charge is 0.239 e. The first kappa shape index (κ1) is 19.8. The summed E-state index contributed by atoms with van der Waals surface area (Å²) in [6.07, 6.45) is 0. The van der Waals surface area contributed by atoms with Crippen molar-refractivity contribution in [2.45, 2.75) is 19.5 Å². The second-order valence-corrected chi connectivity index (χ2v) is 7.33. The Morgan fingerprint density at radius 1 is 1.24 bits per heavy atom. The van der Waals surface area contributed by atoms with Crippen molar-refractivity contribution in [3.63, 3.8) is 0 Å². The highest BCUT2D eigenvalue weighted by Crippen LogP contribution is 2.29. The number of benzene rings is 1. The molecule has 2 N–H and O–H groups in total. The van der Waals surface area contributed by atoms with Crippen LogP contribution in [0.4, 0.5) is 4.39 Å². The fourth-order valence-corrected chi connectivity index (χ4v) is 3.94. The van der Waals surface area contributed by atoms with Crippen LogP contribution in [-0.4, -0.2) is 47.9 Å². The minimum absolute atomic E-state index is 0. The van der Waals surface area contributed by atoms with Crippen molar-refractivity contribution < 1.29 is 9.18 Å². The van der Waals surface area contributed by atoms with Crippen molar-refractivity contribution in [3.05, 3.63) is 47.1 Å². The first-order valence-corrected chi connectivity index (χ1v) is 8.96. The normalized spacial score (nSPS) is 16.4. The molecule has 1 aromatic heterocycles. The number of amides is 1. The molecule has 1 atom stereocenters. The third-order valence-corrected chi connectivity index (χ3v) is 5.34. The number of nitrogens with two attached hydrogens (primary N) is 1. The molecule has 0 saturated carbocycles. The quantitative estimate of drug-likeness (QED) is 0.883. The average Bonchev–Trinajstić information content (AvgIpc) is 3.03. The molecule has 1 aromatic carbocycles. The van der Waals surface area contributed by atoms with Crippen LogP contribution in [0.5, 0.6) is 0 Å². The summed E-state index contributed by atoms with van der Waals surface area (Å²) in [6.45, 7) is 5.75. The van der Waals surface area contributed by atoms with Crippen molar-refractivity contribution >= 4 is 29.7 Å². The van der Waals surface area contributed by atoms with Crippen molar-refractivity contribution in [2.75, 3.05) is 26.2 Å². The molecule has 0 bridgehead atoms. The lowest BCUT2D eigenvalue weighted by Gasteiger charge is -2.35. The molecule has 0 spiro atoms. The molecule has 1 amide bonds. The van der Waals surface area contributed by atoms with Crippen molar-refractivity contribution in [2.24, 2.45) is 5.73 Å². The summed E-state index contributed by atoms with van der Waals surface area (Å²) in [7, 11) is 0. The molecular formula is C18H23ClFN3OS. The molecule has 4 nitrogen and oxygen atoms in total. The molecule has 1 unspecified atom stereocenters. The summed E-state index contributed by atoms with van der Waals surface area (Å²) < 4.78 is 13.3. The number of hydrogen-bond donors (Lipinski definition) is 1. The van der Waals surface area contributed by atoms with Crippen LogP contribution in [-0.2, 0) is 11.3 Å². The van der Waals surface area contributed by atoms with Crippen molar-refractivity contribution in [3.8, 4) is 10.4 Å². The van der Waals surface area contributed by atoms with Crippen molar-refractivity contribution in [1.29, 1.82) is 0 Å². The van der Waals surface area contributed by atoms with E-state index in [2.05, 4.69) is 11.0 Å². The summed E-state index contributed by atoms with van der Waals surface area (Å²) in [5.41, 5.74) is 6.58. The van der Waals surface area contributed by atoms with E-state index in [0.717, 1.165) is 43.2 Å². The molecular weight excluding hydrogens is 361 g/mol. The summed E-state index contributed by atoms with van der Waals surface area (Å²) in [5, 5.41) is 0. The van der Waals surface area contributed by atoms with E-state index in [1.165, 1.54) is 10.9 Å². The van der Waals surface area contributed by atoms with Gasteiger partial charge in [0.1, 0.15) is 5.82 Å². The van der Waals surface area contributed by atoms with Crippen LogP contribution >= 0.6 is 23.7 Å². The number of piperazine rings is 1. The van der Waals surface area contributed by atoms with E-state index < -0.39 is 6.04 Å². The van der Waals surface area contributed by atoms with Crippen LogP contribution in [0.1, 0.15) is 11.8 Å².